The molecule has 0 heterocycles. The molecule has 0 unspecified atom stereocenters. The van der Waals surface area contributed by atoms with Gasteiger partial charge in [0.15, 0.2) is 0 Å². The van der Waals surface area contributed by atoms with Crippen LogP contribution in [-0.2, 0) is 14.4 Å². The second-order valence-corrected chi connectivity index (χ2v) is 8.50. The summed E-state index contributed by atoms with van der Waals surface area (Å²) in [5.41, 5.74) is 1.52. The molecule has 0 spiro atoms. The summed E-state index contributed by atoms with van der Waals surface area (Å²) in [6.45, 7) is 0. The van der Waals surface area contributed by atoms with E-state index in [2.05, 4.69) is 10.6 Å². The lowest BCUT2D eigenvalue weighted by atomic mass is 10.0. The minimum Gasteiger partial charge on any atom is -0.497 e. The molecule has 2 N–H and O–H groups in total. The standard InChI is InChI=1S/C28H29N3O4/c1-35-24-18-16-23(17-19-24)31(28(34)27(33)30-22-12-6-3-7-13-22)25(20-10-4-2-5-11-20)26(32)29-21-14-8-9-15-21/h2-7,10-13,16-19,21,25H,8-9,14-15H2,1H3,(H,29,32)(H,30,33)/t25-/m0/s1. The highest BCUT2D eigenvalue weighted by atomic mass is 16.5. The lowest BCUT2D eigenvalue weighted by Crippen LogP contribution is -2.49. The van der Waals surface area contributed by atoms with E-state index in [-0.39, 0.29) is 11.9 Å². The number of rotatable bonds is 7. The summed E-state index contributed by atoms with van der Waals surface area (Å²) in [6.07, 6.45) is 3.92. The Bertz CT molecular complexity index is 1140. The lowest BCUT2D eigenvalue weighted by molar-refractivity contribution is -0.136. The van der Waals surface area contributed by atoms with E-state index >= 15 is 0 Å². The number of ether oxygens (including phenoxy) is 1. The Hall–Kier alpha value is -4.13. The van der Waals surface area contributed by atoms with E-state index in [0.29, 0.717) is 22.7 Å². The van der Waals surface area contributed by atoms with Crippen molar-refractivity contribution in [2.24, 2.45) is 0 Å². The first-order valence-corrected chi connectivity index (χ1v) is 11.8. The number of carbonyl (C=O) groups excluding carboxylic acids is 3. The number of hydrogen-bond donors (Lipinski definition) is 2. The summed E-state index contributed by atoms with van der Waals surface area (Å²) in [5.74, 6) is -1.39. The van der Waals surface area contributed by atoms with Crippen molar-refractivity contribution in [3.05, 3.63) is 90.5 Å². The predicted molar refractivity (Wildman–Crippen MR) is 135 cm³/mol. The van der Waals surface area contributed by atoms with Gasteiger partial charge in [-0.05, 0) is 54.8 Å². The molecule has 1 fully saturated rings. The number of amides is 3. The third-order valence-corrected chi connectivity index (χ3v) is 6.12. The number of anilines is 2. The van der Waals surface area contributed by atoms with Gasteiger partial charge in [0.05, 0.1) is 7.11 Å². The smallest absolute Gasteiger partial charge is 0.317 e. The largest absolute Gasteiger partial charge is 0.497 e. The molecule has 0 aromatic heterocycles. The zero-order chi connectivity index (χ0) is 24.6. The molecule has 1 saturated carbocycles. The van der Waals surface area contributed by atoms with Crippen molar-refractivity contribution in [3.63, 3.8) is 0 Å². The van der Waals surface area contributed by atoms with E-state index in [9.17, 15) is 14.4 Å². The highest BCUT2D eigenvalue weighted by Gasteiger charge is 2.37. The van der Waals surface area contributed by atoms with E-state index in [1.54, 1.807) is 67.8 Å². The van der Waals surface area contributed by atoms with Crippen LogP contribution in [0.4, 0.5) is 11.4 Å². The Labute approximate surface area is 205 Å². The van der Waals surface area contributed by atoms with Crippen LogP contribution in [-0.4, -0.2) is 30.9 Å². The maximum Gasteiger partial charge on any atom is 0.317 e. The maximum atomic E-state index is 13.7. The van der Waals surface area contributed by atoms with Crippen molar-refractivity contribution in [2.45, 2.75) is 37.8 Å². The molecule has 0 bridgehead atoms. The number of hydrogen-bond acceptors (Lipinski definition) is 4. The predicted octanol–water partition coefficient (Wildman–Crippen LogP) is 4.47. The molecule has 3 aromatic carbocycles. The van der Waals surface area contributed by atoms with Crippen molar-refractivity contribution in [1.82, 2.24) is 5.32 Å². The molecular weight excluding hydrogens is 442 g/mol. The molecule has 3 amide bonds. The van der Waals surface area contributed by atoms with Crippen LogP contribution in [0.15, 0.2) is 84.9 Å². The molecule has 1 atom stereocenters. The minimum atomic E-state index is -1.03. The molecule has 4 rings (SSSR count). The molecule has 180 valence electrons. The molecule has 1 aliphatic rings. The van der Waals surface area contributed by atoms with E-state index in [0.717, 1.165) is 25.7 Å². The fraction of sp³-hybridized carbons (Fsp3) is 0.250. The Morgan fingerprint density at radius 1 is 0.857 bits per heavy atom. The zero-order valence-corrected chi connectivity index (χ0v) is 19.6. The van der Waals surface area contributed by atoms with Gasteiger partial charge in [0.2, 0.25) is 5.91 Å². The van der Waals surface area contributed by atoms with E-state index in [1.807, 2.05) is 24.3 Å². The van der Waals surface area contributed by atoms with Gasteiger partial charge in [0, 0.05) is 17.4 Å². The topological polar surface area (TPSA) is 87.7 Å². The zero-order valence-electron chi connectivity index (χ0n) is 19.6. The average molecular weight is 472 g/mol. The first-order valence-electron chi connectivity index (χ1n) is 11.8. The Morgan fingerprint density at radius 3 is 2.06 bits per heavy atom. The summed E-state index contributed by atoms with van der Waals surface area (Å²) in [5, 5.41) is 5.75. The Morgan fingerprint density at radius 2 is 1.46 bits per heavy atom. The average Bonchev–Trinajstić information content (AvgIpc) is 3.41. The highest BCUT2D eigenvalue weighted by molar-refractivity contribution is 6.45. The minimum absolute atomic E-state index is 0.0553. The molecule has 7 nitrogen and oxygen atoms in total. The van der Waals surface area contributed by atoms with Gasteiger partial charge in [0.1, 0.15) is 11.8 Å². The lowest BCUT2D eigenvalue weighted by Gasteiger charge is -2.32. The number of para-hydroxylation sites is 1. The van der Waals surface area contributed by atoms with Crippen molar-refractivity contribution in [2.75, 3.05) is 17.3 Å². The second kappa shape index (κ2) is 11.3. The van der Waals surface area contributed by atoms with Gasteiger partial charge in [0.25, 0.3) is 0 Å². The van der Waals surface area contributed by atoms with E-state index in [4.69, 9.17) is 4.74 Å². The third-order valence-electron chi connectivity index (χ3n) is 6.12. The van der Waals surface area contributed by atoms with Crippen LogP contribution >= 0.6 is 0 Å². The van der Waals surface area contributed by atoms with Crippen molar-refractivity contribution in [3.8, 4) is 5.75 Å². The normalized spacial score (nSPS) is 14.1. The molecular formula is C28H29N3O4. The molecule has 35 heavy (non-hydrogen) atoms. The van der Waals surface area contributed by atoms with Crippen LogP contribution in [0.1, 0.15) is 37.3 Å². The summed E-state index contributed by atoms with van der Waals surface area (Å²) in [7, 11) is 1.55. The van der Waals surface area contributed by atoms with Gasteiger partial charge >= 0.3 is 11.8 Å². The van der Waals surface area contributed by atoms with Crippen LogP contribution in [0.25, 0.3) is 0 Å². The van der Waals surface area contributed by atoms with Crippen LogP contribution in [0, 0.1) is 0 Å². The fourth-order valence-corrected chi connectivity index (χ4v) is 4.35. The van der Waals surface area contributed by atoms with Gasteiger partial charge < -0.3 is 15.4 Å². The summed E-state index contributed by atoms with van der Waals surface area (Å²) >= 11 is 0. The van der Waals surface area contributed by atoms with Crippen LogP contribution in [0.5, 0.6) is 5.75 Å². The Kier molecular flexibility index (Phi) is 7.77. The van der Waals surface area contributed by atoms with Crippen molar-refractivity contribution >= 4 is 29.1 Å². The third kappa shape index (κ3) is 5.87. The SMILES string of the molecule is COc1ccc(N(C(=O)C(=O)Nc2ccccc2)[C@H](C(=O)NC2CCCC2)c2ccccc2)cc1. The monoisotopic (exact) mass is 471 g/mol. The molecule has 7 heteroatoms. The number of nitrogens with zero attached hydrogens (tertiary/aromatic N) is 1. The number of nitrogens with one attached hydrogen (secondary N) is 2. The summed E-state index contributed by atoms with van der Waals surface area (Å²) in [4.78, 5) is 41.7. The fourth-order valence-electron chi connectivity index (χ4n) is 4.35. The summed E-state index contributed by atoms with van der Waals surface area (Å²) in [6, 6.07) is 23.6. The number of benzene rings is 3. The molecule has 0 aliphatic heterocycles. The van der Waals surface area contributed by atoms with Crippen LogP contribution in [0.3, 0.4) is 0 Å². The number of carbonyl (C=O) groups is 3. The molecule has 3 aromatic rings. The van der Waals surface area contributed by atoms with Crippen molar-refractivity contribution < 1.29 is 19.1 Å². The number of methoxy groups -OCH3 is 1. The highest BCUT2D eigenvalue weighted by Crippen LogP contribution is 2.31. The summed E-state index contributed by atoms with van der Waals surface area (Å²) < 4.78 is 5.26. The van der Waals surface area contributed by atoms with Gasteiger partial charge in [-0.2, -0.15) is 0 Å². The van der Waals surface area contributed by atoms with E-state index in [1.165, 1.54) is 4.90 Å². The molecule has 1 aliphatic carbocycles. The maximum absolute atomic E-state index is 13.7. The first kappa shape index (κ1) is 24.0. The van der Waals surface area contributed by atoms with Gasteiger partial charge in [-0.25, -0.2) is 0 Å². The first-order chi connectivity index (χ1) is 17.1. The van der Waals surface area contributed by atoms with Crippen molar-refractivity contribution in [1.29, 1.82) is 0 Å². The van der Waals surface area contributed by atoms with Crippen LogP contribution in [0.2, 0.25) is 0 Å². The Balaban J connectivity index is 1.73. The van der Waals surface area contributed by atoms with Gasteiger partial charge in [-0.1, -0.05) is 61.4 Å². The second-order valence-electron chi connectivity index (χ2n) is 8.50. The molecule has 0 radical (unpaired) electrons. The quantitative estimate of drug-likeness (QED) is 0.498. The van der Waals surface area contributed by atoms with E-state index < -0.39 is 17.9 Å². The molecule has 0 saturated heterocycles. The van der Waals surface area contributed by atoms with Crippen LogP contribution < -0.4 is 20.3 Å². The van der Waals surface area contributed by atoms with Gasteiger partial charge in [-0.15, -0.1) is 0 Å². The van der Waals surface area contributed by atoms with Gasteiger partial charge in [-0.3, -0.25) is 19.3 Å².